The highest BCUT2D eigenvalue weighted by Gasteiger charge is 2.18. The summed E-state index contributed by atoms with van der Waals surface area (Å²) in [5, 5.41) is 16.4. The zero-order valence-electron chi connectivity index (χ0n) is 14.7. The second-order valence-electron chi connectivity index (χ2n) is 5.66. The number of hydrogen-bond acceptors (Lipinski definition) is 5. The van der Waals surface area contributed by atoms with Gasteiger partial charge in [-0.15, -0.1) is 0 Å². The molecule has 142 valence electrons. The highest BCUT2D eigenvalue weighted by molar-refractivity contribution is 9.10. The fourth-order valence-electron chi connectivity index (χ4n) is 2.31. The van der Waals surface area contributed by atoms with E-state index in [2.05, 4.69) is 26.6 Å². The standard InChI is InChI=1S/C18H18BrN3O5/c1-11-3-5-13(19)10-14(11)21-17(23)7-8-20-18(24)12-4-6-16(27-2)15(9-12)22(25)26/h3-6,9-10H,7-8H2,1-2H3,(H,20,24)(H,21,23). The van der Waals surface area contributed by atoms with Crippen LogP contribution in [-0.4, -0.2) is 30.4 Å². The molecular weight excluding hydrogens is 418 g/mol. The Bertz CT molecular complexity index is 885. The van der Waals surface area contributed by atoms with E-state index in [0.29, 0.717) is 5.69 Å². The van der Waals surface area contributed by atoms with Crippen molar-refractivity contribution in [1.82, 2.24) is 5.32 Å². The molecule has 2 rings (SSSR count). The first-order valence-corrected chi connectivity index (χ1v) is 8.77. The molecule has 0 unspecified atom stereocenters. The molecule has 2 amide bonds. The van der Waals surface area contributed by atoms with Gasteiger partial charge < -0.3 is 15.4 Å². The molecule has 0 atom stereocenters. The first-order chi connectivity index (χ1) is 12.8. The van der Waals surface area contributed by atoms with E-state index in [4.69, 9.17) is 4.74 Å². The summed E-state index contributed by atoms with van der Waals surface area (Å²) in [6.07, 6.45) is 0.0654. The summed E-state index contributed by atoms with van der Waals surface area (Å²) in [4.78, 5) is 34.6. The van der Waals surface area contributed by atoms with Crippen LogP contribution in [0.3, 0.4) is 0 Å². The van der Waals surface area contributed by atoms with Crippen LogP contribution in [0, 0.1) is 17.0 Å². The number of nitrogens with one attached hydrogen (secondary N) is 2. The van der Waals surface area contributed by atoms with Gasteiger partial charge in [0.1, 0.15) is 0 Å². The van der Waals surface area contributed by atoms with Gasteiger partial charge in [0.05, 0.1) is 12.0 Å². The summed E-state index contributed by atoms with van der Waals surface area (Å²) >= 11 is 3.34. The Morgan fingerprint density at radius 1 is 1.22 bits per heavy atom. The highest BCUT2D eigenvalue weighted by Crippen LogP contribution is 2.27. The summed E-state index contributed by atoms with van der Waals surface area (Å²) in [6.45, 7) is 1.97. The Balaban J connectivity index is 1.92. The van der Waals surface area contributed by atoms with Crippen LogP contribution < -0.4 is 15.4 Å². The quantitative estimate of drug-likeness (QED) is 0.511. The van der Waals surface area contributed by atoms with Gasteiger partial charge in [0, 0.05) is 34.8 Å². The van der Waals surface area contributed by atoms with E-state index in [1.165, 1.54) is 19.2 Å². The van der Waals surface area contributed by atoms with Crippen LogP contribution in [0.5, 0.6) is 5.75 Å². The average molecular weight is 436 g/mol. The van der Waals surface area contributed by atoms with Crippen LogP contribution in [0.4, 0.5) is 11.4 Å². The van der Waals surface area contributed by atoms with Crippen LogP contribution in [0.2, 0.25) is 0 Å². The van der Waals surface area contributed by atoms with E-state index in [1.54, 1.807) is 6.07 Å². The minimum atomic E-state index is -0.622. The number of rotatable bonds is 7. The first-order valence-electron chi connectivity index (χ1n) is 7.98. The monoisotopic (exact) mass is 435 g/mol. The SMILES string of the molecule is COc1ccc(C(=O)NCCC(=O)Nc2cc(Br)ccc2C)cc1[N+](=O)[O-]. The van der Waals surface area contributed by atoms with E-state index >= 15 is 0 Å². The van der Waals surface area contributed by atoms with Crippen LogP contribution in [0.1, 0.15) is 22.3 Å². The number of aryl methyl sites for hydroxylation is 1. The molecule has 0 aliphatic heterocycles. The normalized spacial score (nSPS) is 10.2. The molecule has 2 aromatic rings. The second kappa shape index (κ2) is 9.13. The number of halogens is 1. The number of amides is 2. The van der Waals surface area contributed by atoms with Gasteiger partial charge in [-0.05, 0) is 36.8 Å². The highest BCUT2D eigenvalue weighted by atomic mass is 79.9. The molecule has 0 aliphatic carbocycles. The van der Waals surface area contributed by atoms with Crippen molar-refractivity contribution < 1.29 is 19.2 Å². The lowest BCUT2D eigenvalue weighted by molar-refractivity contribution is -0.385. The molecule has 0 saturated heterocycles. The number of carbonyl (C=O) groups excluding carboxylic acids is 2. The fourth-order valence-corrected chi connectivity index (χ4v) is 2.67. The van der Waals surface area contributed by atoms with Gasteiger partial charge in [-0.3, -0.25) is 19.7 Å². The van der Waals surface area contributed by atoms with Gasteiger partial charge in [-0.2, -0.15) is 0 Å². The smallest absolute Gasteiger partial charge is 0.311 e. The molecule has 8 nitrogen and oxygen atoms in total. The van der Waals surface area contributed by atoms with Crippen molar-refractivity contribution in [1.29, 1.82) is 0 Å². The third kappa shape index (κ3) is 5.52. The minimum absolute atomic E-state index is 0.0654. The third-order valence-corrected chi connectivity index (χ3v) is 4.24. The number of anilines is 1. The lowest BCUT2D eigenvalue weighted by Crippen LogP contribution is -2.27. The van der Waals surface area contributed by atoms with E-state index in [9.17, 15) is 19.7 Å². The Hall–Kier alpha value is -2.94. The topological polar surface area (TPSA) is 111 Å². The predicted molar refractivity (Wildman–Crippen MR) is 104 cm³/mol. The van der Waals surface area contributed by atoms with Crippen LogP contribution in [0.25, 0.3) is 0 Å². The van der Waals surface area contributed by atoms with Gasteiger partial charge >= 0.3 is 5.69 Å². The van der Waals surface area contributed by atoms with Gasteiger partial charge in [0.25, 0.3) is 5.91 Å². The van der Waals surface area contributed by atoms with Crippen LogP contribution in [0.15, 0.2) is 40.9 Å². The van der Waals surface area contributed by atoms with Gasteiger partial charge in [-0.25, -0.2) is 0 Å². The molecular formula is C18H18BrN3O5. The lowest BCUT2D eigenvalue weighted by atomic mass is 10.1. The number of nitro benzene ring substituents is 1. The van der Waals surface area contributed by atoms with Crippen molar-refractivity contribution in [3.05, 3.63) is 62.1 Å². The molecule has 0 fully saturated rings. The summed E-state index contributed by atoms with van der Waals surface area (Å²) in [7, 11) is 1.31. The number of carbonyl (C=O) groups is 2. The summed E-state index contributed by atoms with van der Waals surface area (Å²) in [6, 6.07) is 9.46. The van der Waals surface area contributed by atoms with E-state index in [1.807, 2.05) is 19.1 Å². The van der Waals surface area contributed by atoms with Crippen molar-refractivity contribution in [2.24, 2.45) is 0 Å². The molecule has 0 radical (unpaired) electrons. The summed E-state index contributed by atoms with van der Waals surface area (Å²) in [5.74, 6) is -0.690. The summed E-state index contributed by atoms with van der Waals surface area (Å²) in [5.41, 5.74) is 1.42. The lowest BCUT2D eigenvalue weighted by Gasteiger charge is -2.10. The Morgan fingerprint density at radius 2 is 1.96 bits per heavy atom. The molecule has 0 bridgehead atoms. The molecule has 0 aliphatic rings. The minimum Gasteiger partial charge on any atom is -0.490 e. The average Bonchev–Trinajstić information content (AvgIpc) is 2.64. The molecule has 0 aromatic heterocycles. The fraction of sp³-hybridized carbons (Fsp3) is 0.222. The first kappa shape index (κ1) is 20.4. The number of ether oxygens (including phenoxy) is 1. The van der Waals surface area contributed by atoms with Crippen molar-refractivity contribution in [3.63, 3.8) is 0 Å². The van der Waals surface area contributed by atoms with Gasteiger partial charge in [0.2, 0.25) is 5.91 Å². The number of nitro groups is 1. The Kier molecular flexibility index (Phi) is 6.89. The molecule has 0 spiro atoms. The van der Waals surface area contributed by atoms with Crippen LogP contribution >= 0.6 is 15.9 Å². The van der Waals surface area contributed by atoms with E-state index in [0.717, 1.165) is 16.1 Å². The maximum Gasteiger partial charge on any atom is 0.311 e. The van der Waals surface area contributed by atoms with Gasteiger partial charge in [-0.1, -0.05) is 22.0 Å². The second-order valence-corrected chi connectivity index (χ2v) is 6.57. The Labute approximate surface area is 164 Å². The van der Waals surface area contributed by atoms with Crippen LogP contribution in [-0.2, 0) is 4.79 Å². The maximum absolute atomic E-state index is 12.1. The number of benzene rings is 2. The molecule has 27 heavy (non-hydrogen) atoms. The van der Waals surface area contributed by atoms with E-state index < -0.39 is 10.8 Å². The Morgan fingerprint density at radius 3 is 2.63 bits per heavy atom. The predicted octanol–water partition coefficient (Wildman–Crippen LogP) is 3.43. The maximum atomic E-state index is 12.1. The zero-order valence-corrected chi connectivity index (χ0v) is 16.3. The van der Waals surface area contributed by atoms with Crippen molar-refractivity contribution in [2.45, 2.75) is 13.3 Å². The number of methoxy groups -OCH3 is 1. The van der Waals surface area contributed by atoms with Crippen molar-refractivity contribution >= 4 is 39.1 Å². The van der Waals surface area contributed by atoms with Gasteiger partial charge in [0.15, 0.2) is 5.75 Å². The molecule has 0 saturated carbocycles. The van der Waals surface area contributed by atoms with E-state index in [-0.39, 0.29) is 35.9 Å². The van der Waals surface area contributed by atoms with Crippen molar-refractivity contribution in [3.8, 4) is 5.75 Å². The molecule has 2 aromatic carbocycles. The zero-order chi connectivity index (χ0) is 20.0. The van der Waals surface area contributed by atoms with Crippen molar-refractivity contribution in [2.75, 3.05) is 19.0 Å². The molecule has 0 heterocycles. The molecule has 9 heteroatoms. The molecule has 2 N–H and O–H groups in total. The third-order valence-electron chi connectivity index (χ3n) is 3.75. The number of hydrogen-bond donors (Lipinski definition) is 2. The largest absolute Gasteiger partial charge is 0.490 e. The number of nitrogens with zero attached hydrogens (tertiary/aromatic N) is 1. The summed E-state index contributed by atoms with van der Waals surface area (Å²) < 4.78 is 5.74.